The van der Waals surface area contributed by atoms with Gasteiger partial charge in [0.2, 0.25) is 0 Å². The van der Waals surface area contributed by atoms with Crippen LogP contribution < -0.4 is 15.0 Å². The number of benzene rings is 2. The number of ether oxygens (including phenoxy) is 1. The summed E-state index contributed by atoms with van der Waals surface area (Å²) < 4.78 is 5.57. The molecule has 0 spiro atoms. The van der Waals surface area contributed by atoms with Gasteiger partial charge in [-0.25, -0.2) is 4.98 Å². The summed E-state index contributed by atoms with van der Waals surface area (Å²) in [5.74, 6) is 1.32. The molecule has 3 aromatic rings. The molecule has 5 nitrogen and oxygen atoms in total. The lowest BCUT2D eigenvalue weighted by Crippen LogP contribution is -2.25. The lowest BCUT2D eigenvalue weighted by Gasteiger charge is -2.30. The number of anilines is 3. The van der Waals surface area contributed by atoms with E-state index in [9.17, 15) is 4.79 Å². The first-order valence-electron chi connectivity index (χ1n) is 9.61. The molecule has 1 aromatic heterocycles. The van der Waals surface area contributed by atoms with Crippen molar-refractivity contribution in [3.63, 3.8) is 0 Å². The van der Waals surface area contributed by atoms with Gasteiger partial charge < -0.3 is 15.0 Å². The van der Waals surface area contributed by atoms with Gasteiger partial charge in [-0.05, 0) is 55.7 Å². The Morgan fingerprint density at radius 3 is 2.75 bits per heavy atom. The molecule has 2 heterocycles. The monoisotopic (exact) mass is 373 g/mol. The molecular weight excluding hydrogens is 350 g/mol. The fourth-order valence-corrected chi connectivity index (χ4v) is 3.50. The van der Waals surface area contributed by atoms with E-state index in [1.54, 1.807) is 6.20 Å². The number of aromatic nitrogens is 1. The fraction of sp³-hybridized carbons (Fsp3) is 0.217. The summed E-state index contributed by atoms with van der Waals surface area (Å²) in [6, 6.07) is 19.6. The number of hydrogen-bond donors (Lipinski definition) is 1. The molecule has 2 aromatic carbocycles. The van der Waals surface area contributed by atoms with Crippen LogP contribution in [-0.2, 0) is 6.42 Å². The predicted molar refractivity (Wildman–Crippen MR) is 112 cm³/mol. The van der Waals surface area contributed by atoms with Crippen LogP contribution in [0.4, 0.5) is 17.2 Å². The third-order valence-corrected chi connectivity index (χ3v) is 4.83. The van der Waals surface area contributed by atoms with Crippen molar-refractivity contribution in [2.24, 2.45) is 0 Å². The van der Waals surface area contributed by atoms with E-state index < -0.39 is 0 Å². The van der Waals surface area contributed by atoms with E-state index in [-0.39, 0.29) is 5.91 Å². The van der Waals surface area contributed by atoms with Gasteiger partial charge >= 0.3 is 0 Å². The molecular formula is C23H23N3O2. The van der Waals surface area contributed by atoms with Crippen molar-refractivity contribution in [2.45, 2.75) is 19.8 Å². The van der Waals surface area contributed by atoms with Crippen LogP contribution in [-0.4, -0.2) is 24.0 Å². The predicted octanol–water partition coefficient (Wildman–Crippen LogP) is 4.82. The zero-order chi connectivity index (χ0) is 19.3. The molecule has 5 heteroatoms. The van der Waals surface area contributed by atoms with Crippen LogP contribution in [0.3, 0.4) is 0 Å². The lowest BCUT2D eigenvalue weighted by molar-refractivity contribution is 0.102. The number of pyridine rings is 1. The Morgan fingerprint density at radius 1 is 1.11 bits per heavy atom. The van der Waals surface area contributed by atoms with Crippen LogP contribution in [0.5, 0.6) is 5.75 Å². The lowest BCUT2D eigenvalue weighted by atomic mass is 10.0. The summed E-state index contributed by atoms with van der Waals surface area (Å²) >= 11 is 0. The van der Waals surface area contributed by atoms with Gasteiger partial charge in [-0.15, -0.1) is 0 Å². The van der Waals surface area contributed by atoms with Crippen LogP contribution in [0.15, 0.2) is 66.9 Å². The number of rotatable bonds is 5. The highest BCUT2D eigenvalue weighted by atomic mass is 16.5. The van der Waals surface area contributed by atoms with Crippen molar-refractivity contribution in [2.75, 3.05) is 23.4 Å². The number of aryl methyl sites for hydroxylation is 1. The van der Waals surface area contributed by atoms with Crippen molar-refractivity contribution in [3.8, 4) is 5.75 Å². The number of carbonyl (C=O) groups is 1. The SMILES string of the molecule is CCOc1ccccc1NC(=O)c1ccc(N2CCCc3ccccc32)nc1. The third-order valence-electron chi connectivity index (χ3n) is 4.83. The largest absolute Gasteiger partial charge is 0.492 e. The van der Waals surface area contributed by atoms with Gasteiger partial charge in [0.15, 0.2) is 0 Å². The Hall–Kier alpha value is -3.34. The van der Waals surface area contributed by atoms with Crippen molar-refractivity contribution in [1.29, 1.82) is 0 Å². The average Bonchev–Trinajstić information content (AvgIpc) is 2.75. The minimum atomic E-state index is -0.203. The highest BCUT2D eigenvalue weighted by molar-refractivity contribution is 6.05. The van der Waals surface area contributed by atoms with E-state index in [4.69, 9.17) is 4.74 Å². The Morgan fingerprint density at radius 2 is 1.93 bits per heavy atom. The fourth-order valence-electron chi connectivity index (χ4n) is 3.50. The van der Waals surface area contributed by atoms with Gasteiger partial charge in [-0.2, -0.15) is 0 Å². The topological polar surface area (TPSA) is 54.5 Å². The Kier molecular flexibility index (Phi) is 5.24. The second-order valence-corrected chi connectivity index (χ2v) is 6.67. The molecule has 0 fully saturated rings. The van der Waals surface area contributed by atoms with Gasteiger partial charge in [0.05, 0.1) is 17.9 Å². The van der Waals surface area contributed by atoms with Crippen LogP contribution >= 0.6 is 0 Å². The molecule has 0 saturated heterocycles. The Labute approximate surface area is 165 Å². The molecule has 4 rings (SSSR count). The number of para-hydroxylation sites is 3. The number of hydrogen-bond acceptors (Lipinski definition) is 4. The smallest absolute Gasteiger partial charge is 0.257 e. The standard InChI is InChI=1S/C23H23N3O2/c1-2-28-21-12-6-4-10-19(21)25-23(27)18-13-14-22(24-16-18)26-15-7-9-17-8-3-5-11-20(17)26/h3-6,8,10-14,16H,2,7,9,15H2,1H3,(H,25,27). The summed E-state index contributed by atoms with van der Waals surface area (Å²) in [4.78, 5) is 19.4. The van der Waals surface area contributed by atoms with E-state index in [1.807, 2.05) is 43.3 Å². The average molecular weight is 373 g/mol. The molecule has 142 valence electrons. The molecule has 28 heavy (non-hydrogen) atoms. The molecule has 0 saturated carbocycles. The van der Waals surface area contributed by atoms with Crippen molar-refractivity contribution in [1.82, 2.24) is 4.98 Å². The molecule has 0 radical (unpaired) electrons. The molecule has 1 aliphatic heterocycles. The van der Waals surface area contributed by atoms with Gasteiger partial charge in [-0.3, -0.25) is 4.79 Å². The van der Waals surface area contributed by atoms with E-state index in [2.05, 4.69) is 39.5 Å². The molecule has 0 unspecified atom stereocenters. The maximum atomic E-state index is 12.6. The molecule has 1 N–H and O–H groups in total. The van der Waals surface area contributed by atoms with Crippen molar-refractivity contribution >= 4 is 23.1 Å². The number of carbonyl (C=O) groups excluding carboxylic acids is 1. The highest BCUT2D eigenvalue weighted by Crippen LogP contribution is 2.32. The van der Waals surface area contributed by atoms with Gasteiger partial charge in [-0.1, -0.05) is 30.3 Å². The maximum Gasteiger partial charge on any atom is 0.257 e. The molecule has 0 atom stereocenters. The van der Waals surface area contributed by atoms with E-state index >= 15 is 0 Å². The van der Waals surface area contributed by atoms with Crippen LogP contribution in [0, 0.1) is 0 Å². The summed E-state index contributed by atoms with van der Waals surface area (Å²) in [7, 11) is 0. The van der Waals surface area contributed by atoms with Crippen molar-refractivity contribution < 1.29 is 9.53 Å². The number of amides is 1. The first kappa shape index (κ1) is 18.0. The van der Waals surface area contributed by atoms with E-state index in [0.29, 0.717) is 23.6 Å². The van der Waals surface area contributed by atoms with Gasteiger partial charge in [0.25, 0.3) is 5.91 Å². The second kappa shape index (κ2) is 8.13. The van der Waals surface area contributed by atoms with Gasteiger partial charge in [0, 0.05) is 18.4 Å². The highest BCUT2D eigenvalue weighted by Gasteiger charge is 2.19. The number of fused-ring (bicyclic) bond motifs is 1. The third kappa shape index (κ3) is 3.69. The second-order valence-electron chi connectivity index (χ2n) is 6.67. The Bertz CT molecular complexity index is 970. The molecule has 1 amide bonds. The Balaban J connectivity index is 1.52. The minimum absolute atomic E-state index is 0.203. The van der Waals surface area contributed by atoms with Crippen LogP contribution in [0.1, 0.15) is 29.3 Å². The zero-order valence-corrected chi connectivity index (χ0v) is 15.9. The summed E-state index contributed by atoms with van der Waals surface area (Å²) in [6.07, 6.45) is 3.81. The maximum absolute atomic E-state index is 12.6. The molecule has 1 aliphatic rings. The van der Waals surface area contributed by atoms with Crippen molar-refractivity contribution in [3.05, 3.63) is 78.0 Å². The normalized spacial score (nSPS) is 13.0. The van der Waals surface area contributed by atoms with Gasteiger partial charge in [0.1, 0.15) is 11.6 Å². The van der Waals surface area contributed by atoms with E-state index in [0.717, 1.165) is 25.2 Å². The number of nitrogens with zero attached hydrogens (tertiary/aromatic N) is 2. The summed E-state index contributed by atoms with van der Waals surface area (Å²) in [5, 5.41) is 2.91. The molecule has 0 aliphatic carbocycles. The zero-order valence-electron chi connectivity index (χ0n) is 15.9. The first-order valence-corrected chi connectivity index (χ1v) is 9.61. The summed E-state index contributed by atoms with van der Waals surface area (Å²) in [6.45, 7) is 3.39. The summed E-state index contributed by atoms with van der Waals surface area (Å²) in [5.41, 5.74) is 3.71. The minimum Gasteiger partial charge on any atom is -0.492 e. The quantitative estimate of drug-likeness (QED) is 0.697. The first-order chi connectivity index (χ1) is 13.8. The number of nitrogens with one attached hydrogen (secondary N) is 1. The van der Waals surface area contributed by atoms with Crippen LogP contribution in [0.25, 0.3) is 0 Å². The molecule has 0 bridgehead atoms. The van der Waals surface area contributed by atoms with E-state index in [1.165, 1.54) is 11.3 Å². The van der Waals surface area contributed by atoms with Crippen LogP contribution in [0.2, 0.25) is 0 Å².